The van der Waals surface area contributed by atoms with Crippen LogP contribution in [0.3, 0.4) is 0 Å². The van der Waals surface area contributed by atoms with Gasteiger partial charge in [-0.15, -0.1) is 0 Å². The van der Waals surface area contributed by atoms with Gasteiger partial charge in [-0.25, -0.2) is 0 Å². The minimum absolute atomic E-state index is 0.789. The highest BCUT2D eigenvalue weighted by molar-refractivity contribution is 5.20. The van der Waals surface area contributed by atoms with Gasteiger partial charge in [0.05, 0.1) is 6.61 Å². The molecule has 0 aromatic heterocycles. The van der Waals surface area contributed by atoms with Crippen LogP contribution in [0.15, 0.2) is 30.3 Å². The summed E-state index contributed by atoms with van der Waals surface area (Å²) < 4.78 is 5.67. The van der Waals surface area contributed by atoms with Gasteiger partial charge in [0.15, 0.2) is 0 Å². The van der Waals surface area contributed by atoms with E-state index in [1.54, 1.807) is 0 Å². The van der Waals surface area contributed by atoms with Crippen LogP contribution in [0.4, 0.5) is 0 Å². The number of likely N-dealkylation sites (tertiary alicyclic amines) is 1. The molecule has 1 aromatic carbocycles. The highest BCUT2D eigenvalue weighted by Crippen LogP contribution is 2.17. The third-order valence-electron chi connectivity index (χ3n) is 4.09. The lowest BCUT2D eigenvalue weighted by Crippen LogP contribution is -2.38. The zero-order valence-electron chi connectivity index (χ0n) is 12.7. The summed E-state index contributed by atoms with van der Waals surface area (Å²) >= 11 is 0. The van der Waals surface area contributed by atoms with Crippen LogP contribution in [-0.2, 0) is 0 Å². The molecule has 0 bridgehead atoms. The van der Waals surface area contributed by atoms with E-state index in [0.29, 0.717) is 0 Å². The summed E-state index contributed by atoms with van der Waals surface area (Å²) in [4.78, 5) is 2.52. The first-order valence-electron chi connectivity index (χ1n) is 7.95. The van der Waals surface area contributed by atoms with Crippen LogP contribution in [-0.4, -0.2) is 44.2 Å². The number of para-hydroxylation sites is 1. The number of benzene rings is 1. The molecule has 1 N–H and O–H groups in total. The molecule has 2 rings (SSSR count). The minimum atomic E-state index is 0.789. The maximum atomic E-state index is 5.67. The summed E-state index contributed by atoms with van der Waals surface area (Å²) in [6.07, 6.45) is 6.48. The van der Waals surface area contributed by atoms with Gasteiger partial charge in [0.1, 0.15) is 5.75 Å². The van der Waals surface area contributed by atoms with E-state index < -0.39 is 0 Å². The lowest BCUT2D eigenvalue weighted by atomic mass is 10.0. The Morgan fingerprint density at radius 3 is 2.85 bits per heavy atom. The smallest absolute Gasteiger partial charge is 0.119 e. The molecular weight excluding hydrogens is 248 g/mol. The summed E-state index contributed by atoms with van der Waals surface area (Å²) in [5.41, 5.74) is 0. The Morgan fingerprint density at radius 2 is 2.05 bits per heavy atom. The zero-order valence-corrected chi connectivity index (χ0v) is 12.7. The van der Waals surface area contributed by atoms with Gasteiger partial charge in [-0.1, -0.05) is 24.6 Å². The lowest BCUT2D eigenvalue weighted by molar-refractivity contribution is 0.175. The highest BCUT2D eigenvalue weighted by Gasteiger charge is 2.17. The summed E-state index contributed by atoms with van der Waals surface area (Å²) in [6.45, 7) is 4.24. The molecule has 1 unspecified atom stereocenters. The maximum Gasteiger partial charge on any atom is 0.119 e. The van der Waals surface area contributed by atoms with Gasteiger partial charge >= 0.3 is 0 Å². The molecule has 0 saturated carbocycles. The molecule has 20 heavy (non-hydrogen) atoms. The summed E-state index contributed by atoms with van der Waals surface area (Å²) in [5, 5.41) is 3.53. The predicted octanol–water partition coefficient (Wildman–Crippen LogP) is 2.92. The van der Waals surface area contributed by atoms with Crippen molar-refractivity contribution in [3.8, 4) is 5.75 Å². The van der Waals surface area contributed by atoms with E-state index in [-0.39, 0.29) is 0 Å². The van der Waals surface area contributed by atoms with Gasteiger partial charge in [-0.2, -0.15) is 0 Å². The second-order valence-corrected chi connectivity index (χ2v) is 5.68. The maximum absolute atomic E-state index is 5.67. The van der Waals surface area contributed by atoms with E-state index in [1.165, 1.54) is 32.2 Å². The molecule has 0 amide bonds. The van der Waals surface area contributed by atoms with Crippen LogP contribution in [0.25, 0.3) is 0 Å². The Morgan fingerprint density at radius 1 is 1.20 bits per heavy atom. The largest absolute Gasteiger partial charge is 0.494 e. The van der Waals surface area contributed by atoms with Gasteiger partial charge < -0.3 is 15.0 Å². The van der Waals surface area contributed by atoms with Gasteiger partial charge in [-0.3, -0.25) is 0 Å². The van der Waals surface area contributed by atoms with E-state index >= 15 is 0 Å². The van der Waals surface area contributed by atoms with Crippen LogP contribution in [0.2, 0.25) is 0 Å². The van der Waals surface area contributed by atoms with Crippen molar-refractivity contribution in [3.05, 3.63) is 30.3 Å². The molecule has 1 saturated heterocycles. The van der Waals surface area contributed by atoms with Crippen molar-refractivity contribution in [1.82, 2.24) is 10.2 Å². The molecular formula is C17H28N2O. The molecule has 1 atom stereocenters. The third kappa shape index (κ3) is 5.51. The number of hydrogen-bond donors (Lipinski definition) is 1. The number of nitrogens with one attached hydrogen (secondary N) is 1. The fourth-order valence-corrected chi connectivity index (χ4v) is 2.81. The quantitative estimate of drug-likeness (QED) is 0.739. The molecule has 0 spiro atoms. The first-order chi connectivity index (χ1) is 9.86. The normalized spacial score (nSPS) is 19.9. The van der Waals surface area contributed by atoms with E-state index in [9.17, 15) is 0 Å². The van der Waals surface area contributed by atoms with Gasteiger partial charge in [-0.05, 0) is 64.5 Å². The van der Waals surface area contributed by atoms with Crippen molar-refractivity contribution in [2.75, 3.05) is 33.3 Å². The molecule has 1 aliphatic heterocycles. The van der Waals surface area contributed by atoms with Crippen molar-refractivity contribution in [1.29, 1.82) is 0 Å². The first-order valence-corrected chi connectivity index (χ1v) is 7.95. The summed E-state index contributed by atoms with van der Waals surface area (Å²) in [5.74, 6) is 0.969. The van der Waals surface area contributed by atoms with Crippen molar-refractivity contribution in [2.45, 2.75) is 38.1 Å². The number of ether oxygens (including phenoxy) is 1. The van der Waals surface area contributed by atoms with Gasteiger partial charge in [0.2, 0.25) is 0 Å². The Balaban J connectivity index is 1.45. The lowest BCUT2D eigenvalue weighted by Gasteiger charge is -2.32. The van der Waals surface area contributed by atoms with Gasteiger partial charge in [0.25, 0.3) is 0 Å². The molecule has 1 aromatic rings. The van der Waals surface area contributed by atoms with Crippen LogP contribution in [0.5, 0.6) is 5.75 Å². The Bertz CT molecular complexity index is 355. The van der Waals surface area contributed by atoms with Gasteiger partial charge in [0, 0.05) is 6.04 Å². The standard InChI is InChI=1S/C17H28N2O/c1-19-14-6-5-8-16(19)11-13-18-12-7-15-20-17-9-3-2-4-10-17/h2-4,9-10,16,18H,5-8,11-15H2,1H3. The molecule has 3 heteroatoms. The minimum Gasteiger partial charge on any atom is -0.494 e. The third-order valence-corrected chi connectivity index (χ3v) is 4.09. The van der Waals surface area contributed by atoms with Crippen LogP contribution in [0.1, 0.15) is 32.1 Å². The fourth-order valence-electron chi connectivity index (χ4n) is 2.81. The zero-order chi connectivity index (χ0) is 14.0. The number of nitrogens with zero attached hydrogens (tertiary/aromatic N) is 1. The molecule has 1 fully saturated rings. The van der Waals surface area contributed by atoms with Crippen molar-refractivity contribution in [2.24, 2.45) is 0 Å². The van der Waals surface area contributed by atoms with E-state index in [2.05, 4.69) is 17.3 Å². The van der Waals surface area contributed by atoms with E-state index in [4.69, 9.17) is 4.74 Å². The fraction of sp³-hybridized carbons (Fsp3) is 0.647. The van der Waals surface area contributed by atoms with E-state index in [0.717, 1.165) is 37.9 Å². The van der Waals surface area contributed by atoms with Crippen molar-refractivity contribution < 1.29 is 4.74 Å². The molecule has 3 nitrogen and oxygen atoms in total. The molecule has 1 heterocycles. The first kappa shape index (κ1) is 15.3. The molecule has 0 aliphatic carbocycles. The average Bonchev–Trinajstić information content (AvgIpc) is 2.49. The Labute approximate surface area is 123 Å². The Hall–Kier alpha value is -1.06. The number of piperidine rings is 1. The number of rotatable bonds is 8. The van der Waals surface area contributed by atoms with Crippen molar-refractivity contribution in [3.63, 3.8) is 0 Å². The van der Waals surface area contributed by atoms with Crippen LogP contribution >= 0.6 is 0 Å². The monoisotopic (exact) mass is 276 g/mol. The number of hydrogen-bond acceptors (Lipinski definition) is 3. The van der Waals surface area contributed by atoms with Crippen molar-refractivity contribution >= 4 is 0 Å². The second kappa shape index (κ2) is 8.98. The predicted molar refractivity (Wildman–Crippen MR) is 84.3 cm³/mol. The molecule has 1 aliphatic rings. The molecule has 0 radical (unpaired) electrons. The van der Waals surface area contributed by atoms with E-state index in [1.807, 2.05) is 30.3 Å². The Kier molecular flexibility index (Phi) is 6.89. The average molecular weight is 276 g/mol. The van der Waals surface area contributed by atoms with Crippen LogP contribution < -0.4 is 10.1 Å². The molecule has 112 valence electrons. The van der Waals surface area contributed by atoms with Crippen LogP contribution in [0, 0.1) is 0 Å². The summed E-state index contributed by atoms with van der Waals surface area (Å²) in [6, 6.07) is 10.8. The SMILES string of the molecule is CN1CCCCC1CCNCCCOc1ccccc1. The highest BCUT2D eigenvalue weighted by atomic mass is 16.5. The topological polar surface area (TPSA) is 24.5 Å². The summed E-state index contributed by atoms with van der Waals surface area (Å²) in [7, 11) is 2.26. The second-order valence-electron chi connectivity index (χ2n) is 5.68.